The van der Waals surface area contributed by atoms with Gasteiger partial charge in [-0.05, 0) is 49.7 Å². The van der Waals surface area contributed by atoms with Crippen molar-refractivity contribution >= 4 is 5.91 Å². The van der Waals surface area contributed by atoms with Gasteiger partial charge in [0, 0.05) is 24.2 Å². The van der Waals surface area contributed by atoms with E-state index >= 15 is 0 Å². The zero-order valence-electron chi connectivity index (χ0n) is 17.7. The molecule has 5 nitrogen and oxygen atoms in total. The Kier molecular flexibility index (Phi) is 7.26. The van der Waals surface area contributed by atoms with Crippen LogP contribution in [0.1, 0.15) is 36.9 Å². The summed E-state index contributed by atoms with van der Waals surface area (Å²) in [4.78, 5) is 16.7. The van der Waals surface area contributed by atoms with E-state index < -0.39 is 11.6 Å². The van der Waals surface area contributed by atoms with Gasteiger partial charge < -0.3 is 14.4 Å². The molecule has 0 aliphatic carbocycles. The number of carbonyl (C=O) groups excluding carboxylic acids is 1. The Labute approximate surface area is 176 Å². The maximum atomic E-state index is 14.0. The fourth-order valence-corrected chi connectivity index (χ4v) is 3.96. The number of nitrogens with zero attached hydrogens (tertiary/aromatic N) is 2. The molecule has 1 aliphatic heterocycles. The van der Waals surface area contributed by atoms with E-state index in [9.17, 15) is 13.6 Å². The van der Waals surface area contributed by atoms with E-state index in [0.717, 1.165) is 18.4 Å². The third-order valence-corrected chi connectivity index (χ3v) is 5.62. The Hall–Kier alpha value is -2.67. The van der Waals surface area contributed by atoms with Crippen molar-refractivity contribution in [1.29, 1.82) is 0 Å². The first-order valence-electron chi connectivity index (χ1n) is 10.1. The number of amides is 1. The van der Waals surface area contributed by atoms with Crippen LogP contribution in [0.5, 0.6) is 11.5 Å². The van der Waals surface area contributed by atoms with Gasteiger partial charge in [0.25, 0.3) is 0 Å². The summed E-state index contributed by atoms with van der Waals surface area (Å²) < 4.78 is 38.9. The molecule has 1 heterocycles. The lowest BCUT2D eigenvalue weighted by Gasteiger charge is -2.29. The molecule has 3 rings (SSSR count). The average Bonchev–Trinajstić information content (AvgIpc) is 3.25. The molecule has 7 heteroatoms. The Morgan fingerprint density at radius 3 is 2.53 bits per heavy atom. The molecular weight excluding hydrogens is 390 g/mol. The van der Waals surface area contributed by atoms with Crippen molar-refractivity contribution in [2.45, 2.75) is 32.4 Å². The smallest absolute Gasteiger partial charge is 0.237 e. The summed E-state index contributed by atoms with van der Waals surface area (Å²) >= 11 is 0. The number of halogens is 2. The highest BCUT2D eigenvalue weighted by Gasteiger charge is 2.32. The number of hydrogen-bond donors (Lipinski definition) is 0. The zero-order chi connectivity index (χ0) is 21.7. The second-order valence-electron chi connectivity index (χ2n) is 7.36. The minimum Gasteiger partial charge on any atom is -0.497 e. The number of ether oxygens (including phenoxy) is 2. The third kappa shape index (κ3) is 4.73. The second kappa shape index (κ2) is 9.89. The minimum absolute atomic E-state index is 0.0143. The lowest BCUT2D eigenvalue weighted by molar-refractivity contribution is -0.133. The van der Waals surface area contributed by atoms with Crippen LogP contribution in [0.4, 0.5) is 8.78 Å². The van der Waals surface area contributed by atoms with Crippen LogP contribution in [0.25, 0.3) is 0 Å². The SMILES string of the molecule is CCN(CC(=O)N1CCCC1c1cc(OC)ccc1OC)Cc1c(F)cccc1F. The van der Waals surface area contributed by atoms with Gasteiger partial charge >= 0.3 is 0 Å². The van der Waals surface area contributed by atoms with Gasteiger partial charge in [0.2, 0.25) is 5.91 Å². The fourth-order valence-electron chi connectivity index (χ4n) is 3.96. The van der Waals surface area contributed by atoms with Crippen LogP contribution in [-0.2, 0) is 11.3 Å². The van der Waals surface area contributed by atoms with Gasteiger partial charge in [-0.25, -0.2) is 8.78 Å². The standard InChI is InChI=1S/C23H28F2N2O3/c1-4-26(14-18-19(24)7-5-8-20(18)25)15-23(28)27-12-6-9-21(27)17-13-16(29-2)10-11-22(17)30-3/h5,7-8,10-11,13,21H,4,6,9,12,14-15H2,1-3H3. The van der Waals surface area contributed by atoms with Crippen LogP contribution in [0.2, 0.25) is 0 Å². The van der Waals surface area contributed by atoms with Gasteiger partial charge in [0.1, 0.15) is 23.1 Å². The van der Waals surface area contributed by atoms with Crippen LogP contribution in [-0.4, -0.2) is 49.6 Å². The molecule has 0 radical (unpaired) electrons. The molecule has 0 aromatic heterocycles. The quantitative estimate of drug-likeness (QED) is 0.645. The Balaban J connectivity index is 1.77. The summed E-state index contributed by atoms with van der Waals surface area (Å²) in [6.45, 7) is 3.14. The summed E-state index contributed by atoms with van der Waals surface area (Å²) in [6.07, 6.45) is 1.70. The van der Waals surface area contributed by atoms with Gasteiger partial charge in [-0.1, -0.05) is 13.0 Å². The molecule has 1 fully saturated rings. The van der Waals surface area contributed by atoms with Crippen molar-refractivity contribution in [3.8, 4) is 11.5 Å². The highest BCUT2D eigenvalue weighted by Crippen LogP contribution is 2.39. The van der Waals surface area contributed by atoms with Gasteiger partial charge in [-0.2, -0.15) is 0 Å². The monoisotopic (exact) mass is 418 g/mol. The van der Waals surface area contributed by atoms with E-state index in [1.807, 2.05) is 30.0 Å². The van der Waals surface area contributed by atoms with Crippen LogP contribution in [0.3, 0.4) is 0 Å². The van der Waals surface area contributed by atoms with E-state index in [1.54, 1.807) is 19.1 Å². The molecule has 1 unspecified atom stereocenters. The molecule has 30 heavy (non-hydrogen) atoms. The predicted molar refractivity (Wildman–Crippen MR) is 111 cm³/mol. The van der Waals surface area contributed by atoms with E-state index in [0.29, 0.717) is 24.6 Å². The molecule has 0 saturated carbocycles. The summed E-state index contributed by atoms with van der Waals surface area (Å²) in [7, 11) is 3.21. The number of carbonyl (C=O) groups is 1. The fraction of sp³-hybridized carbons (Fsp3) is 0.435. The Morgan fingerprint density at radius 2 is 1.90 bits per heavy atom. The maximum absolute atomic E-state index is 14.0. The van der Waals surface area contributed by atoms with Crippen molar-refractivity contribution in [2.75, 3.05) is 33.9 Å². The van der Waals surface area contributed by atoms with Crippen LogP contribution in [0.15, 0.2) is 36.4 Å². The first kappa shape index (κ1) is 22.0. The molecule has 0 spiro atoms. The molecule has 1 aliphatic rings. The number of rotatable bonds is 8. The van der Waals surface area contributed by atoms with Crippen molar-refractivity contribution < 1.29 is 23.0 Å². The van der Waals surface area contributed by atoms with E-state index in [2.05, 4.69) is 0 Å². The number of benzene rings is 2. The number of hydrogen-bond acceptors (Lipinski definition) is 4. The molecule has 1 atom stereocenters. The summed E-state index contributed by atoms with van der Waals surface area (Å²) in [5.74, 6) is 0.152. The van der Waals surface area contributed by atoms with Gasteiger partial charge in [-0.15, -0.1) is 0 Å². The van der Waals surface area contributed by atoms with Crippen molar-refractivity contribution in [1.82, 2.24) is 9.80 Å². The largest absolute Gasteiger partial charge is 0.497 e. The Morgan fingerprint density at radius 1 is 1.17 bits per heavy atom. The van der Waals surface area contributed by atoms with Gasteiger partial charge in [-0.3, -0.25) is 9.69 Å². The number of methoxy groups -OCH3 is 2. The summed E-state index contributed by atoms with van der Waals surface area (Å²) in [6, 6.07) is 9.26. The average molecular weight is 418 g/mol. The lowest BCUT2D eigenvalue weighted by Crippen LogP contribution is -2.40. The lowest BCUT2D eigenvalue weighted by atomic mass is 10.0. The second-order valence-corrected chi connectivity index (χ2v) is 7.36. The molecular formula is C23H28F2N2O3. The maximum Gasteiger partial charge on any atom is 0.237 e. The van der Waals surface area contributed by atoms with Gasteiger partial charge in [0.05, 0.1) is 26.8 Å². The predicted octanol–water partition coefficient (Wildman–Crippen LogP) is 4.17. The van der Waals surface area contributed by atoms with E-state index in [4.69, 9.17) is 9.47 Å². The normalized spacial score (nSPS) is 16.2. The first-order valence-corrected chi connectivity index (χ1v) is 10.1. The van der Waals surface area contributed by atoms with Crippen molar-refractivity contribution in [2.24, 2.45) is 0 Å². The highest BCUT2D eigenvalue weighted by molar-refractivity contribution is 5.79. The number of likely N-dealkylation sites (tertiary alicyclic amines) is 1. The van der Waals surface area contributed by atoms with Crippen molar-refractivity contribution in [3.63, 3.8) is 0 Å². The molecule has 0 N–H and O–H groups in total. The molecule has 1 saturated heterocycles. The minimum atomic E-state index is -0.596. The first-order chi connectivity index (χ1) is 14.5. The van der Waals surface area contributed by atoms with Crippen LogP contribution in [0, 0.1) is 11.6 Å². The van der Waals surface area contributed by atoms with Gasteiger partial charge in [0.15, 0.2) is 0 Å². The zero-order valence-corrected chi connectivity index (χ0v) is 17.7. The summed E-state index contributed by atoms with van der Waals surface area (Å²) in [5, 5.41) is 0. The molecule has 1 amide bonds. The van der Waals surface area contributed by atoms with Crippen LogP contribution < -0.4 is 9.47 Å². The third-order valence-electron chi connectivity index (χ3n) is 5.62. The molecule has 2 aromatic carbocycles. The Bertz CT molecular complexity index is 870. The van der Waals surface area contributed by atoms with Crippen molar-refractivity contribution in [3.05, 3.63) is 59.2 Å². The topological polar surface area (TPSA) is 42.0 Å². The highest BCUT2D eigenvalue weighted by atomic mass is 19.1. The summed E-state index contributed by atoms with van der Waals surface area (Å²) in [5.41, 5.74) is 0.894. The van der Waals surface area contributed by atoms with E-state index in [-0.39, 0.29) is 30.6 Å². The molecule has 162 valence electrons. The molecule has 2 aromatic rings. The van der Waals surface area contributed by atoms with Crippen LogP contribution >= 0.6 is 0 Å². The molecule has 0 bridgehead atoms. The number of likely N-dealkylation sites (N-methyl/N-ethyl adjacent to an activating group) is 1. The van der Waals surface area contributed by atoms with E-state index in [1.165, 1.54) is 18.2 Å².